The van der Waals surface area contributed by atoms with Gasteiger partial charge in [-0.05, 0) is 38.8 Å². The summed E-state index contributed by atoms with van der Waals surface area (Å²) in [6.07, 6.45) is 2.30. The molecule has 7 nitrogen and oxygen atoms in total. The molecule has 0 spiro atoms. The summed E-state index contributed by atoms with van der Waals surface area (Å²) in [5, 5.41) is 11.8. The molecule has 1 N–H and O–H groups in total. The summed E-state index contributed by atoms with van der Waals surface area (Å²) in [6, 6.07) is 6.91. The minimum absolute atomic E-state index is 0.0341. The van der Waals surface area contributed by atoms with E-state index in [2.05, 4.69) is 15.5 Å². The van der Waals surface area contributed by atoms with Gasteiger partial charge < -0.3 is 14.6 Å². The molecule has 2 heterocycles. The molecule has 3 rings (SSSR count). The van der Waals surface area contributed by atoms with Crippen LogP contribution in [-0.2, 0) is 16.1 Å². The molecule has 0 radical (unpaired) electrons. The standard InChI is InChI=1S/C18H22N4O3S/c1-12(23)14-5-3-6-15(9-14)19-17(24)11-26-18-21-20-13(2)22(18)10-16-7-4-8-25-16/h3,5-6,9,16H,4,7-8,10-11H2,1-2H3,(H,19,24)/t16-/m1/s1. The molecule has 1 amide bonds. The molecule has 1 aliphatic heterocycles. The van der Waals surface area contributed by atoms with E-state index in [1.807, 2.05) is 11.5 Å². The first kappa shape index (κ1) is 18.6. The Labute approximate surface area is 156 Å². The molecule has 0 aliphatic carbocycles. The number of rotatable bonds is 7. The zero-order valence-electron chi connectivity index (χ0n) is 14.9. The number of anilines is 1. The van der Waals surface area contributed by atoms with Gasteiger partial charge in [0.05, 0.1) is 18.4 Å². The Balaban J connectivity index is 1.58. The fraction of sp³-hybridized carbons (Fsp3) is 0.444. The second kappa shape index (κ2) is 8.46. The predicted molar refractivity (Wildman–Crippen MR) is 99.5 cm³/mol. The average molecular weight is 374 g/mol. The van der Waals surface area contributed by atoms with Crippen molar-refractivity contribution in [2.24, 2.45) is 0 Å². The molecule has 1 aromatic carbocycles. The number of nitrogens with one attached hydrogen (secondary N) is 1. The minimum Gasteiger partial charge on any atom is -0.376 e. The quantitative estimate of drug-likeness (QED) is 0.592. The van der Waals surface area contributed by atoms with E-state index in [0.29, 0.717) is 23.0 Å². The Morgan fingerprint density at radius 1 is 1.38 bits per heavy atom. The highest BCUT2D eigenvalue weighted by atomic mass is 32.2. The molecule has 8 heteroatoms. The fourth-order valence-electron chi connectivity index (χ4n) is 2.81. The van der Waals surface area contributed by atoms with Crippen molar-refractivity contribution in [2.75, 3.05) is 17.7 Å². The number of aryl methyl sites for hydroxylation is 1. The minimum atomic E-state index is -0.153. The topological polar surface area (TPSA) is 86.1 Å². The highest BCUT2D eigenvalue weighted by Crippen LogP contribution is 2.21. The Bertz CT molecular complexity index is 799. The number of hydrogen-bond acceptors (Lipinski definition) is 6. The van der Waals surface area contributed by atoms with E-state index in [1.54, 1.807) is 24.3 Å². The van der Waals surface area contributed by atoms with Gasteiger partial charge in [0.1, 0.15) is 5.82 Å². The second-order valence-electron chi connectivity index (χ2n) is 6.25. The van der Waals surface area contributed by atoms with Crippen LogP contribution in [-0.4, -0.2) is 44.9 Å². The molecule has 0 bridgehead atoms. The van der Waals surface area contributed by atoms with Crippen LogP contribution in [0.1, 0.15) is 35.9 Å². The number of Topliss-reactive ketones (excluding diaryl/α,β-unsaturated/α-hetero) is 1. The van der Waals surface area contributed by atoms with Crippen LogP contribution in [0.15, 0.2) is 29.4 Å². The highest BCUT2D eigenvalue weighted by Gasteiger charge is 2.20. The van der Waals surface area contributed by atoms with Gasteiger partial charge >= 0.3 is 0 Å². The number of benzene rings is 1. The lowest BCUT2D eigenvalue weighted by Crippen LogP contribution is -2.18. The van der Waals surface area contributed by atoms with Gasteiger partial charge in [-0.1, -0.05) is 23.9 Å². The first-order valence-corrected chi connectivity index (χ1v) is 9.56. The largest absolute Gasteiger partial charge is 0.376 e. The highest BCUT2D eigenvalue weighted by molar-refractivity contribution is 7.99. The van der Waals surface area contributed by atoms with Crippen LogP contribution in [0.25, 0.3) is 0 Å². The number of nitrogens with zero attached hydrogens (tertiary/aromatic N) is 3. The van der Waals surface area contributed by atoms with Gasteiger partial charge in [0.25, 0.3) is 0 Å². The maximum Gasteiger partial charge on any atom is 0.234 e. The Kier molecular flexibility index (Phi) is 6.05. The van der Waals surface area contributed by atoms with Gasteiger partial charge in [-0.2, -0.15) is 0 Å². The first-order valence-electron chi connectivity index (χ1n) is 8.58. The lowest BCUT2D eigenvalue weighted by atomic mass is 10.1. The predicted octanol–water partition coefficient (Wildman–Crippen LogP) is 2.70. The summed E-state index contributed by atoms with van der Waals surface area (Å²) in [5.74, 6) is 0.847. The zero-order chi connectivity index (χ0) is 18.5. The van der Waals surface area contributed by atoms with Crippen molar-refractivity contribution in [3.8, 4) is 0 Å². The molecule has 1 aromatic heterocycles. The number of amides is 1. The normalized spacial score (nSPS) is 16.6. The third-order valence-corrected chi connectivity index (χ3v) is 5.16. The van der Waals surface area contributed by atoms with Gasteiger partial charge in [0.2, 0.25) is 5.91 Å². The van der Waals surface area contributed by atoms with E-state index in [4.69, 9.17) is 4.74 Å². The first-order chi connectivity index (χ1) is 12.5. The van der Waals surface area contributed by atoms with Gasteiger partial charge in [0.15, 0.2) is 10.9 Å². The van der Waals surface area contributed by atoms with Crippen molar-refractivity contribution in [3.63, 3.8) is 0 Å². The fourth-order valence-corrected chi connectivity index (χ4v) is 3.61. The Morgan fingerprint density at radius 2 is 2.23 bits per heavy atom. The van der Waals surface area contributed by atoms with Crippen LogP contribution in [0, 0.1) is 6.92 Å². The van der Waals surface area contributed by atoms with Crippen molar-refractivity contribution >= 4 is 29.1 Å². The molecular weight excluding hydrogens is 352 g/mol. The summed E-state index contributed by atoms with van der Waals surface area (Å²) in [5.41, 5.74) is 1.18. The van der Waals surface area contributed by atoms with Crippen LogP contribution < -0.4 is 5.32 Å². The molecule has 2 aromatic rings. The molecule has 0 unspecified atom stereocenters. The number of carbonyl (C=O) groups excluding carboxylic acids is 2. The number of thioether (sulfide) groups is 1. The summed E-state index contributed by atoms with van der Waals surface area (Å²) in [7, 11) is 0. The van der Waals surface area contributed by atoms with Crippen molar-refractivity contribution in [1.29, 1.82) is 0 Å². The van der Waals surface area contributed by atoms with E-state index in [0.717, 1.165) is 25.3 Å². The van der Waals surface area contributed by atoms with E-state index in [1.165, 1.54) is 18.7 Å². The maximum atomic E-state index is 12.2. The molecule has 0 saturated carbocycles. The molecule has 26 heavy (non-hydrogen) atoms. The molecule has 1 atom stereocenters. The van der Waals surface area contributed by atoms with E-state index >= 15 is 0 Å². The van der Waals surface area contributed by atoms with Crippen LogP contribution >= 0.6 is 11.8 Å². The number of ketones is 1. The van der Waals surface area contributed by atoms with Crippen molar-refractivity contribution < 1.29 is 14.3 Å². The monoisotopic (exact) mass is 374 g/mol. The van der Waals surface area contributed by atoms with Crippen molar-refractivity contribution in [2.45, 2.75) is 44.5 Å². The maximum absolute atomic E-state index is 12.2. The van der Waals surface area contributed by atoms with Crippen LogP contribution in [0.5, 0.6) is 0 Å². The molecule has 1 aliphatic rings. The van der Waals surface area contributed by atoms with Gasteiger partial charge in [-0.3, -0.25) is 9.59 Å². The van der Waals surface area contributed by atoms with Crippen LogP contribution in [0.3, 0.4) is 0 Å². The van der Waals surface area contributed by atoms with Gasteiger partial charge in [-0.15, -0.1) is 10.2 Å². The van der Waals surface area contributed by atoms with Crippen LogP contribution in [0.2, 0.25) is 0 Å². The number of ether oxygens (including phenoxy) is 1. The lowest BCUT2D eigenvalue weighted by molar-refractivity contribution is -0.113. The summed E-state index contributed by atoms with van der Waals surface area (Å²) in [4.78, 5) is 23.7. The molecule has 138 valence electrons. The van der Waals surface area contributed by atoms with E-state index < -0.39 is 0 Å². The zero-order valence-corrected chi connectivity index (χ0v) is 15.7. The number of hydrogen-bond donors (Lipinski definition) is 1. The summed E-state index contributed by atoms with van der Waals surface area (Å²) in [6.45, 7) is 4.92. The van der Waals surface area contributed by atoms with E-state index in [-0.39, 0.29) is 23.5 Å². The van der Waals surface area contributed by atoms with Crippen molar-refractivity contribution in [1.82, 2.24) is 14.8 Å². The number of carbonyl (C=O) groups is 2. The van der Waals surface area contributed by atoms with Gasteiger partial charge in [-0.25, -0.2) is 0 Å². The van der Waals surface area contributed by atoms with Gasteiger partial charge in [0, 0.05) is 17.9 Å². The SMILES string of the molecule is CC(=O)c1cccc(NC(=O)CSc2nnc(C)n2C[C@H]2CCCO2)c1. The summed E-state index contributed by atoms with van der Waals surface area (Å²) < 4.78 is 7.68. The molecule has 1 fully saturated rings. The smallest absolute Gasteiger partial charge is 0.234 e. The molecular formula is C18H22N4O3S. The third-order valence-electron chi connectivity index (χ3n) is 4.20. The second-order valence-corrected chi connectivity index (χ2v) is 7.19. The summed E-state index contributed by atoms with van der Waals surface area (Å²) >= 11 is 1.34. The average Bonchev–Trinajstić information content (AvgIpc) is 3.25. The Hall–Kier alpha value is -2.19. The Morgan fingerprint density at radius 3 is 2.96 bits per heavy atom. The van der Waals surface area contributed by atoms with Crippen molar-refractivity contribution in [3.05, 3.63) is 35.7 Å². The van der Waals surface area contributed by atoms with E-state index in [9.17, 15) is 9.59 Å². The number of aromatic nitrogens is 3. The lowest BCUT2D eigenvalue weighted by Gasteiger charge is -2.13. The molecule has 1 saturated heterocycles. The van der Waals surface area contributed by atoms with Crippen LogP contribution in [0.4, 0.5) is 5.69 Å². The third kappa shape index (κ3) is 4.70.